The second-order valence-electron chi connectivity index (χ2n) is 5.31. The molecule has 1 amide bonds. The van der Waals surface area contributed by atoms with Crippen LogP contribution in [0.3, 0.4) is 0 Å². The third-order valence-corrected chi connectivity index (χ3v) is 3.73. The molecule has 1 N–H and O–H groups in total. The standard InChI is InChI=1S/C17H20N2O4/c1-2-19(11-16(20)18-9-14-6-4-8-21-14)10-13-5-3-7-15-17(13)23-12-22-15/h3-8H,2,9-12H2,1H3,(H,18,20). The molecule has 0 spiro atoms. The fourth-order valence-electron chi connectivity index (χ4n) is 2.49. The van der Waals surface area contributed by atoms with Crippen molar-refractivity contribution in [1.29, 1.82) is 0 Å². The van der Waals surface area contributed by atoms with Gasteiger partial charge in [-0.2, -0.15) is 0 Å². The number of amides is 1. The topological polar surface area (TPSA) is 63.9 Å². The number of carbonyl (C=O) groups is 1. The van der Waals surface area contributed by atoms with Crippen LogP contribution >= 0.6 is 0 Å². The number of likely N-dealkylation sites (N-methyl/N-ethyl adjacent to an activating group) is 1. The van der Waals surface area contributed by atoms with Gasteiger partial charge in [0.05, 0.1) is 19.4 Å². The van der Waals surface area contributed by atoms with E-state index in [0.29, 0.717) is 19.6 Å². The Morgan fingerprint density at radius 2 is 2.17 bits per heavy atom. The summed E-state index contributed by atoms with van der Waals surface area (Å²) >= 11 is 0. The van der Waals surface area contributed by atoms with E-state index < -0.39 is 0 Å². The molecule has 0 fully saturated rings. The largest absolute Gasteiger partial charge is 0.467 e. The van der Waals surface area contributed by atoms with Crippen LogP contribution in [0.25, 0.3) is 0 Å². The van der Waals surface area contributed by atoms with Crippen molar-refractivity contribution in [2.45, 2.75) is 20.0 Å². The number of hydrogen-bond acceptors (Lipinski definition) is 5. The van der Waals surface area contributed by atoms with Crippen molar-refractivity contribution in [2.24, 2.45) is 0 Å². The van der Waals surface area contributed by atoms with Crippen molar-refractivity contribution in [2.75, 3.05) is 19.9 Å². The first-order chi connectivity index (χ1) is 11.3. The Hall–Kier alpha value is -2.47. The zero-order chi connectivity index (χ0) is 16.1. The van der Waals surface area contributed by atoms with Crippen LogP contribution in [0.2, 0.25) is 0 Å². The molecule has 1 aromatic heterocycles. The molecule has 23 heavy (non-hydrogen) atoms. The van der Waals surface area contributed by atoms with E-state index in [1.54, 1.807) is 12.3 Å². The Morgan fingerprint density at radius 1 is 1.26 bits per heavy atom. The number of rotatable bonds is 7. The predicted molar refractivity (Wildman–Crippen MR) is 84.1 cm³/mol. The highest BCUT2D eigenvalue weighted by molar-refractivity contribution is 5.77. The minimum Gasteiger partial charge on any atom is -0.467 e. The van der Waals surface area contributed by atoms with Crippen LogP contribution in [-0.4, -0.2) is 30.7 Å². The summed E-state index contributed by atoms with van der Waals surface area (Å²) in [7, 11) is 0. The van der Waals surface area contributed by atoms with Crippen molar-refractivity contribution >= 4 is 5.91 Å². The minimum absolute atomic E-state index is 0.0343. The molecule has 0 saturated heterocycles. The quantitative estimate of drug-likeness (QED) is 0.848. The van der Waals surface area contributed by atoms with Crippen LogP contribution in [0.5, 0.6) is 11.5 Å². The van der Waals surface area contributed by atoms with Gasteiger partial charge in [-0.25, -0.2) is 0 Å². The normalized spacial score (nSPS) is 12.6. The number of furan rings is 1. The van der Waals surface area contributed by atoms with E-state index in [1.165, 1.54) is 0 Å². The molecule has 0 saturated carbocycles. The Labute approximate surface area is 135 Å². The molecule has 0 aliphatic carbocycles. The van der Waals surface area contributed by atoms with Crippen LogP contribution < -0.4 is 14.8 Å². The molecule has 1 aliphatic heterocycles. The van der Waals surface area contributed by atoms with E-state index in [1.807, 2.05) is 31.2 Å². The maximum Gasteiger partial charge on any atom is 0.234 e. The first kappa shape index (κ1) is 15.4. The molecular weight excluding hydrogens is 296 g/mol. The highest BCUT2D eigenvalue weighted by Crippen LogP contribution is 2.35. The Kier molecular flexibility index (Phi) is 4.83. The lowest BCUT2D eigenvalue weighted by atomic mass is 10.1. The summed E-state index contributed by atoms with van der Waals surface area (Å²) in [5.41, 5.74) is 1.03. The van der Waals surface area contributed by atoms with E-state index in [0.717, 1.165) is 29.4 Å². The highest BCUT2D eigenvalue weighted by atomic mass is 16.7. The van der Waals surface area contributed by atoms with Crippen LogP contribution in [0.4, 0.5) is 0 Å². The first-order valence-corrected chi connectivity index (χ1v) is 7.65. The molecular formula is C17H20N2O4. The zero-order valence-corrected chi connectivity index (χ0v) is 13.1. The number of hydrogen-bond donors (Lipinski definition) is 1. The van der Waals surface area contributed by atoms with Gasteiger partial charge < -0.3 is 19.2 Å². The molecule has 0 atom stereocenters. The van der Waals surface area contributed by atoms with Gasteiger partial charge >= 0.3 is 0 Å². The van der Waals surface area contributed by atoms with Crippen LogP contribution in [0, 0.1) is 0 Å². The van der Waals surface area contributed by atoms with Crippen molar-refractivity contribution in [3.63, 3.8) is 0 Å². The Bertz CT molecular complexity index is 655. The van der Waals surface area contributed by atoms with Gasteiger partial charge in [-0.3, -0.25) is 9.69 Å². The molecule has 2 heterocycles. The number of benzene rings is 1. The summed E-state index contributed by atoms with van der Waals surface area (Å²) in [4.78, 5) is 14.1. The molecule has 2 aromatic rings. The van der Waals surface area contributed by atoms with Crippen LogP contribution in [-0.2, 0) is 17.9 Å². The van der Waals surface area contributed by atoms with Gasteiger partial charge in [0.2, 0.25) is 12.7 Å². The van der Waals surface area contributed by atoms with Gasteiger partial charge in [0.1, 0.15) is 5.76 Å². The summed E-state index contributed by atoms with van der Waals surface area (Å²) in [5.74, 6) is 2.25. The predicted octanol–water partition coefficient (Wildman–Crippen LogP) is 2.15. The molecule has 3 rings (SSSR count). The van der Waals surface area contributed by atoms with Crippen LogP contribution in [0.1, 0.15) is 18.2 Å². The van der Waals surface area contributed by atoms with Gasteiger partial charge in [0.25, 0.3) is 0 Å². The average Bonchev–Trinajstić information content (AvgIpc) is 3.23. The lowest BCUT2D eigenvalue weighted by molar-refractivity contribution is -0.122. The average molecular weight is 316 g/mol. The molecule has 1 aliphatic rings. The van der Waals surface area contributed by atoms with E-state index >= 15 is 0 Å². The summed E-state index contributed by atoms with van der Waals surface area (Å²) in [6.45, 7) is 4.40. The monoisotopic (exact) mass is 316 g/mol. The van der Waals surface area contributed by atoms with E-state index in [-0.39, 0.29) is 12.7 Å². The molecule has 0 bridgehead atoms. The third-order valence-electron chi connectivity index (χ3n) is 3.73. The maximum atomic E-state index is 12.1. The summed E-state index contributed by atoms with van der Waals surface area (Å²) in [6.07, 6.45) is 1.60. The summed E-state index contributed by atoms with van der Waals surface area (Å²) in [5, 5.41) is 2.86. The summed E-state index contributed by atoms with van der Waals surface area (Å²) < 4.78 is 16.1. The second-order valence-corrected chi connectivity index (χ2v) is 5.31. The lowest BCUT2D eigenvalue weighted by Gasteiger charge is -2.20. The fourth-order valence-corrected chi connectivity index (χ4v) is 2.49. The van der Waals surface area contributed by atoms with E-state index in [4.69, 9.17) is 13.9 Å². The molecule has 6 heteroatoms. The number of para-hydroxylation sites is 1. The van der Waals surface area contributed by atoms with Gasteiger partial charge in [0, 0.05) is 12.1 Å². The SMILES string of the molecule is CCN(CC(=O)NCc1ccco1)Cc1cccc2c1OCO2. The molecule has 1 aromatic carbocycles. The number of ether oxygens (including phenoxy) is 2. The number of nitrogens with one attached hydrogen (secondary N) is 1. The number of carbonyl (C=O) groups excluding carboxylic acids is 1. The maximum absolute atomic E-state index is 12.1. The highest BCUT2D eigenvalue weighted by Gasteiger charge is 2.19. The Balaban J connectivity index is 1.55. The first-order valence-electron chi connectivity index (χ1n) is 7.65. The van der Waals surface area contributed by atoms with Crippen molar-refractivity contribution in [1.82, 2.24) is 10.2 Å². The Morgan fingerprint density at radius 3 is 2.96 bits per heavy atom. The fraction of sp³-hybridized carbons (Fsp3) is 0.353. The molecule has 0 radical (unpaired) electrons. The third kappa shape index (κ3) is 3.84. The lowest BCUT2D eigenvalue weighted by Crippen LogP contribution is -2.36. The smallest absolute Gasteiger partial charge is 0.234 e. The van der Waals surface area contributed by atoms with Crippen molar-refractivity contribution in [3.8, 4) is 11.5 Å². The van der Waals surface area contributed by atoms with Crippen molar-refractivity contribution in [3.05, 3.63) is 47.9 Å². The van der Waals surface area contributed by atoms with Gasteiger partial charge in [0.15, 0.2) is 11.5 Å². The zero-order valence-electron chi connectivity index (χ0n) is 13.1. The number of fused-ring (bicyclic) bond motifs is 1. The van der Waals surface area contributed by atoms with Gasteiger partial charge in [-0.1, -0.05) is 19.1 Å². The summed E-state index contributed by atoms with van der Waals surface area (Å²) in [6, 6.07) is 9.46. The van der Waals surface area contributed by atoms with Crippen LogP contribution in [0.15, 0.2) is 41.0 Å². The van der Waals surface area contributed by atoms with Gasteiger partial charge in [-0.05, 0) is 24.7 Å². The molecule has 6 nitrogen and oxygen atoms in total. The van der Waals surface area contributed by atoms with E-state index in [9.17, 15) is 4.79 Å². The minimum atomic E-state index is -0.0343. The number of nitrogens with zero attached hydrogens (tertiary/aromatic N) is 1. The molecule has 0 unspecified atom stereocenters. The second kappa shape index (κ2) is 7.19. The van der Waals surface area contributed by atoms with E-state index in [2.05, 4.69) is 10.2 Å². The van der Waals surface area contributed by atoms with Crippen molar-refractivity contribution < 1.29 is 18.7 Å². The molecule has 122 valence electrons. The van der Waals surface area contributed by atoms with Gasteiger partial charge in [-0.15, -0.1) is 0 Å².